The zero-order valence-electron chi connectivity index (χ0n) is 8.43. The largest absolute Gasteiger partial charge is 0.366 e. The van der Waals surface area contributed by atoms with E-state index in [2.05, 4.69) is 33.2 Å². The minimum Gasteiger partial charge on any atom is -0.366 e. The molecular formula is C10H13BrCl2N2. The van der Waals surface area contributed by atoms with Crippen molar-refractivity contribution in [2.75, 3.05) is 11.2 Å². The molecule has 1 rings (SSSR count). The van der Waals surface area contributed by atoms with Gasteiger partial charge in [-0.2, -0.15) is 0 Å². The van der Waals surface area contributed by atoms with E-state index in [-0.39, 0.29) is 0 Å². The molecule has 0 aliphatic rings. The maximum atomic E-state index is 6.03. The monoisotopic (exact) mass is 310 g/mol. The van der Waals surface area contributed by atoms with Gasteiger partial charge in [-0.15, -0.1) is 11.6 Å². The minimum absolute atomic E-state index is 0.329. The molecule has 1 N–H and O–H groups in total. The van der Waals surface area contributed by atoms with Crippen LogP contribution in [0.15, 0.2) is 16.7 Å². The molecule has 1 heterocycles. The van der Waals surface area contributed by atoms with Crippen LogP contribution < -0.4 is 5.32 Å². The lowest BCUT2D eigenvalue weighted by atomic mass is 10.2. The van der Waals surface area contributed by atoms with E-state index in [1.54, 1.807) is 6.20 Å². The van der Waals surface area contributed by atoms with Gasteiger partial charge in [0.25, 0.3) is 0 Å². The highest BCUT2D eigenvalue weighted by atomic mass is 79.9. The van der Waals surface area contributed by atoms with Gasteiger partial charge >= 0.3 is 0 Å². The predicted octanol–water partition coefficient (Wildman–Crippen LogP) is 4.32. The third kappa shape index (κ3) is 4.58. The van der Waals surface area contributed by atoms with Gasteiger partial charge in [0, 0.05) is 22.6 Å². The van der Waals surface area contributed by atoms with Crippen molar-refractivity contribution in [2.24, 2.45) is 0 Å². The zero-order valence-corrected chi connectivity index (χ0v) is 11.5. The molecule has 0 fully saturated rings. The van der Waals surface area contributed by atoms with Crippen molar-refractivity contribution in [1.29, 1.82) is 0 Å². The Morgan fingerprint density at radius 3 is 2.93 bits per heavy atom. The molecule has 0 radical (unpaired) electrons. The number of halogens is 3. The van der Waals surface area contributed by atoms with E-state index in [1.807, 2.05) is 6.07 Å². The Bertz CT molecular complexity index is 320. The van der Waals surface area contributed by atoms with Gasteiger partial charge in [0.05, 0.1) is 5.02 Å². The number of aromatic nitrogens is 1. The first kappa shape index (κ1) is 13.1. The normalized spacial score (nSPS) is 12.5. The maximum Gasteiger partial charge on any atom is 0.145 e. The van der Waals surface area contributed by atoms with Gasteiger partial charge in [0.2, 0.25) is 0 Å². The summed E-state index contributed by atoms with van der Waals surface area (Å²) in [6, 6.07) is 2.15. The maximum absolute atomic E-state index is 6.03. The second-order valence-corrected chi connectivity index (χ2v) is 5.06. The Kier molecular flexibility index (Phi) is 5.72. The summed E-state index contributed by atoms with van der Waals surface area (Å²) < 4.78 is 0.881. The number of hydrogen-bond acceptors (Lipinski definition) is 2. The summed E-state index contributed by atoms with van der Waals surface area (Å²) in [7, 11) is 0. The topological polar surface area (TPSA) is 24.9 Å². The van der Waals surface area contributed by atoms with Gasteiger partial charge in [-0.05, 0) is 41.8 Å². The average molecular weight is 312 g/mol. The van der Waals surface area contributed by atoms with Crippen LogP contribution in [-0.4, -0.2) is 16.9 Å². The van der Waals surface area contributed by atoms with Crippen LogP contribution in [0, 0.1) is 0 Å². The van der Waals surface area contributed by atoms with Crippen LogP contribution in [0.2, 0.25) is 5.02 Å². The highest BCUT2D eigenvalue weighted by molar-refractivity contribution is 9.10. The smallest absolute Gasteiger partial charge is 0.145 e. The first-order valence-corrected chi connectivity index (χ1v) is 6.47. The summed E-state index contributed by atoms with van der Waals surface area (Å²) >= 11 is 15.0. The van der Waals surface area contributed by atoms with Crippen LogP contribution in [0.25, 0.3) is 0 Å². The number of anilines is 1. The Hall–Kier alpha value is 0.01000. The van der Waals surface area contributed by atoms with E-state index in [0.717, 1.165) is 23.1 Å². The number of nitrogens with one attached hydrogen (secondary N) is 1. The van der Waals surface area contributed by atoms with Gasteiger partial charge in [0.15, 0.2) is 0 Å². The Balaban J connectivity index is 2.56. The summed E-state index contributed by atoms with van der Waals surface area (Å²) in [5.41, 5.74) is 0. The van der Waals surface area contributed by atoms with Gasteiger partial charge in [-0.3, -0.25) is 0 Å². The molecule has 0 spiro atoms. The van der Waals surface area contributed by atoms with Gasteiger partial charge in [0.1, 0.15) is 5.82 Å². The molecule has 1 aromatic heterocycles. The summed E-state index contributed by atoms with van der Waals surface area (Å²) in [6.07, 6.45) is 3.73. The van der Waals surface area contributed by atoms with E-state index in [0.29, 0.717) is 16.9 Å². The van der Waals surface area contributed by atoms with Crippen LogP contribution in [0.3, 0.4) is 0 Å². The predicted molar refractivity (Wildman–Crippen MR) is 70.0 cm³/mol. The van der Waals surface area contributed by atoms with E-state index in [4.69, 9.17) is 23.2 Å². The number of hydrogen-bond donors (Lipinski definition) is 1. The fraction of sp³-hybridized carbons (Fsp3) is 0.500. The molecule has 0 aromatic carbocycles. The molecular weight excluding hydrogens is 299 g/mol. The van der Waals surface area contributed by atoms with Crippen LogP contribution in [0.5, 0.6) is 0 Å². The fourth-order valence-electron chi connectivity index (χ4n) is 1.21. The molecule has 15 heavy (non-hydrogen) atoms. The first-order valence-electron chi connectivity index (χ1n) is 4.77. The van der Waals surface area contributed by atoms with Crippen LogP contribution in [0.1, 0.15) is 19.8 Å². The van der Waals surface area contributed by atoms with E-state index < -0.39 is 0 Å². The van der Waals surface area contributed by atoms with Crippen molar-refractivity contribution in [1.82, 2.24) is 4.98 Å². The minimum atomic E-state index is 0.329. The molecule has 0 aliphatic heterocycles. The summed E-state index contributed by atoms with van der Waals surface area (Å²) in [5, 5.41) is 3.88. The van der Waals surface area contributed by atoms with E-state index in [9.17, 15) is 0 Å². The molecule has 84 valence electrons. The first-order chi connectivity index (χ1) is 7.13. The van der Waals surface area contributed by atoms with Crippen molar-refractivity contribution < 1.29 is 0 Å². The molecule has 0 saturated heterocycles. The Morgan fingerprint density at radius 1 is 1.60 bits per heavy atom. The molecule has 0 aliphatic carbocycles. The standard InChI is InChI=1S/C10H13BrCl2N2/c1-7(3-2-4-12)15-10-9(13)5-8(11)6-14-10/h5-7H,2-4H2,1H3,(H,14,15). The van der Waals surface area contributed by atoms with Crippen LogP contribution in [0.4, 0.5) is 5.82 Å². The molecule has 0 saturated carbocycles. The highest BCUT2D eigenvalue weighted by Crippen LogP contribution is 2.23. The molecule has 5 heteroatoms. The molecule has 1 aromatic rings. The molecule has 2 nitrogen and oxygen atoms in total. The number of nitrogens with zero attached hydrogens (tertiary/aromatic N) is 1. The van der Waals surface area contributed by atoms with Gasteiger partial charge < -0.3 is 5.32 Å². The third-order valence-corrected chi connectivity index (χ3v) is 2.95. The number of pyridine rings is 1. The Morgan fingerprint density at radius 2 is 2.33 bits per heavy atom. The molecule has 1 unspecified atom stereocenters. The lowest BCUT2D eigenvalue weighted by molar-refractivity contribution is 0.690. The van der Waals surface area contributed by atoms with Crippen LogP contribution in [-0.2, 0) is 0 Å². The lowest BCUT2D eigenvalue weighted by Crippen LogP contribution is -2.16. The quantitative estimate of drug-likeness (QED) is 0.819. The lowest BCUT2D eigenvalue weighted by Gasteiger charge is -2.14. The second-order valence-electron chi connectivity index (χ2n) is 3.36. The summed E-state index contributed by atoms with van der Waals surface area (Å²) in [4.78, 5) is 4.20. The number of rotatable bonds is 5. The van der Waals surface area contributed by atoms with Crippen molar-refractivity contribution >= 4 is 44.9 Å². The van der Waals surface area contributed by atoms with Crippen molar-refractivity contribution in [3.63, 3.8) is 0 Å². The average Bonchev–Trinajstić information content (AvgIpc) is 2.19. The molecule has 0 amide bonds. The van der Waals surface area contributed by atoms with E-state index in [1.165, 1.54) is 0 Å². The second kappa shape index (κ2) is 6.56. The van der Waals surface area contributed by atoms with Crippen molar-refractivity contribution in [3.05, 3.63) is 21.8 Å². The van der Waals surface area contributed by atoms with Crippen LogP contribution >= 0.6 is 39.1 Å². The van der Waals surface area contributed by atoms with E-state index >= 15 is 0 Å². The molecule has 0 bridgehead atoms. The van der Waals surface area contributed by atoms with Crippen molar-refractivity contribution in [3.8, 4) is 0 Å². The SMILES string of the molecule is CC(CCCCl)Nc1ncc(Br)cc1Cl. The third-order valence-electron chi connectivity index (χ3n) is 1.96. The van der Waals surface area contributed by atoms with Gasteiger partial charge in [-0.25, -0.2) is 4.98 Å². The zero-order chi connectivity index (χ0) is 11.3. The molecule has 1 atom stereocenters. The fourth-order valence-corrected chi connectivity index (χ4v) is 2.05. The summed E-state index contributed by atoms with van der Waals surface area (Å²) in [6.45, 7) is 2.09. The summed E-state index contributed by atoms with van der Waals surface area (Å²) in [5.74, 6) is 1.41. The van der Waals surface area contributed by atoms with Crippen molar-refractivity contribution in [2.45, 2.75) is 25.8 Å². The highest BCUT2D eigenvalue weighted by Gasteiger charge is 2.06. The van der Waals surface area contributed by atoms with Gasteiger partial charge in [-0.1, -0.05) is 11.6 Å². The Labute approximate surface area is 108 Å². The number of alkyl halides is 1.